The molecule has 0 radical (unpaired) electrons. The Hall–Kier alpha value is -4.12. The molecule has 2 aromatic carbocycles. The molecule has 0 spiro atoms. The highest BCUT2D eigenvalue weighted by atomic mass is 32.2. The Labute approximate surface area is 205 Å². The number of hydrogen-bond donors (Lipinski definition) is 2. The second kappa shape index (κ2) is 10.9. The van der Waals surface area contributed by atoms with Gasteiger partial charge in [0.2, 0.25) is 11.8 Å². The van der Waals surface area contributed by atoms with Gasteiger partial charge in [0.25, 0.3) is 5.69 Å². The van der Waals surface area contributed by atoms with Crippen molar-refractivity contribution in [1.29, 1.82) is 0 Å². The third kappa shape index (κ3) is 6.07. The molecular weight excluding hydrogens is 470 g/mol. The molecule has 0 atom stereocenters. The van der Waals surface area contributed by atoms with Crippen molar-refractivity contribution in [3.63, 3.8) is 0 Å². The molecule has 2 N–H and O–H groups in total. The van der Waals surface area contributed by atoms with Crippen molar-refractivity contribution in [3.05, 3.63) is 87.1 Å². The van der Waals surface area contributed by atoms with Gasteiger partial charge in [0, 0.05) is 41.8 Å². The molecule has 1 aliphatic heterocycles. The molecule has 10 nitrogen and oxygen atoms in total. The number of aromatic nitrogens is 2. The lowest BCUT2D eigenvalue weighted by atomic mass is 10.2. The fourth-order valence-corrected chi connectivity index (χ4v) is 4.53. The Morgan fingerprint density at radius 3 is 2.60 bits per heavy atom. The van der Waals surface area contributed by atoms with Gasteiger partial charge in [-0.2, -0.15) is 16.9 Å². The maximum absolute atomic E-state index is 12.6. The molecule has 2 heterocycles. The molecule has 11 heteroatoms. The number of carbonyl (C=O) groups is 2. The Balaban J connectivity index is 1.40. The summed E-state index contributed by atoms with van der Waals surface area (Å²) in [5.41, 5.74) is 3.33. The van der Waals surface area contributed by atoms with Crippen molar-refractivity contribution in [2.24, 2.45) is 0 Å². The lowest BCUT2D eigenvalue weighted by molar-refractivity contribution is -0.384. The highest BCUT2D eigenvalue weighted by molar-refractivity contribution is 7.98. The molecule has 1 aromatic heterocycles. The summed E-state index contributed by atoms with van der Waals surface area (Å²) in [5.74, 6) is 2.05. The van der Waals surface area contributed by atoms with E-state index in [0.29, 0.717) is 23.7 Å². The van der Waals surface area contributed by atoms with E-state index in [4.69, 9.17) is 4.74 Å². The molecule has 0 fully saturated rings. The number of nitrogens with one attached hydrogen (secondary N) is 2. The molecule has 0 saturated carbocycles. The number of rotatable bonds is 9. The average Bonchev–Trinajstić information content (AvgIpc) is 3.44. The smallest absolute Gasteiger partial charge is 0.269 e. The van der Waals surface area contributed by atoms with Gasteiger partial charge >= 0.3 is 0 Å². The summed E-state index contributed by atoms with van der Waals surface area (Å²) in [5, 5.41) is 21.0. The van der Waals surface area contributed by atoms with Crippen LogP contribution in [0.2, 0.25) is 0 Å². The normalized spacial score (nSPS) is 12.4. The Bertz CT molecular complexity index is 1270. The average molecular weight is 494 g/mol. The fraction of sp³-hybridized carbons (Fsp3) is 0.208. The standard InChI is InChI=1S/C24H23N5O5S/c1-34-19-9-4-17(5-10-19)12-25-23(31)13-28-24(20-14-35-15-21(20)27-28)26-22(30)11-6-16-2-7-18(8-3-16)29(32)33/h2-11H,12-15H2,1H3,(H,25,31)(H,26,30)/b11-6-. The van der Waals surface area contributed by atoms with E-state index in [0.717, 1.165) is 28.3 Å². The zero-order valence-electron chi connectivity index (χ0n) is 18.9. The van der Waals surface area contributed by atoms with Crippen molar-refractivity contribution in [2.45, 2.75) is 24.6 Å². The van der Waals surface area contributed by atoms with Gasteiger partial charge in [-0.15, -0.1) is 0 Å². The monoisotopic (exact) mass is 493 g/mol. The largest absolute Gasteiger partial charge is 0.497 e. The molecule has 0 bridgehead atoms. The van der Waals surface area contributed by atoms with Crippen LogP contribution in [0.1, 0.15) is 22.4 Å². The van der Waals surface area contributed by atoms with Crippen LogP contribution in [0, 0.1) is 10.1 Å². The van der Waals surface area contributed by atoms with E-state index >= 15 is 0 Å². The van der Waals surface area contributed by atoms with Crippen molar-refractivity contribution in [1.82, 2.24) is 15.1 Å². The molecule has 0 aliphatic carbocycles. The molecule has 4 rings (SSSR count). The number of nitro groups is 1. The van der Waals surface area contributed by atoms with Gasteiger partial charge < -0.3 is 15.4 Å². The number of thioether (sulfide) groups is 1. The number of ether oxygens (including phenoxy) is 1. The Morgan fingerprint density at radius 1 is 1.17 bits per heavy atom. The van der Waals surface area contributed by atoms with Crippen molar-refractivity contribution in [2.75, 3.05) is 12.4 Å². The number of amides is 2. The van der Waals surface area contributed by atoms with Gasteiger partial charge in [-0.25, -0.2) is 4.68 Å². The second-order valence-electron chi connectivity index (χ2n) is 7.72. The number of benzene rings is 2. The number of non-ortho nitro benzene ring substituents is 1. The molecule has 35 heavy (non-hydrogen) atoms. The number of hydrogen-bond acceptors (Lipinski definition) is 7. The molecule has 0 saturated heterocycles. The number of anilines is 1. The third-order valence-corrected chi connectivity index (χ3v) is 6.30. The first-order valence-corrected chi connectivity index (χ1v) is 11.9. The summed E-state index contributed by atoms with van der Waals surface area (Å²) >= 11 is 1.69. The van der Waals surface area contributed by atoms with Crippen LogP contribution in [-0.4, -0.2) is 33.6 Å². The maximum atomic E-state index is 12.6. The van der Waals surface area contributed by atoms with E-state index in [1.54, 1.807) is 37.1 Å². The first kappa shape index (κ1) is 24.0. The van der Waals surface area contributed by atoms with Gasteiger partial charge in [-0.3, -0.25) is 19.7 Å². The third-order valence-electron chi connectivity index (χ3n) is 5.33. The van der Waals surface area contributed by atoms with Gasteiger partial charge in [0.05, 0.1) is 17.7 Å². The minimum absolute atomic E-state index is 0.0196. The zero-order chi connectivity index (χ0) is 24.8. The van der Waals surface area contributed by atoms with Crippen LogP contribution in [0.25, 0.3) is 6.08 Å². The number of nitro benzene ring substituents is 1. The second-order valence-corrected chi connectivity index (χ2v) is 8.71. The van der Waals surface area contributed by atoms with Crippen LogP contribution in [0.5, 0.6) is 5.75 Å². The highest BCUT2D eigenvalue weighted by Crippen LogP contribution is 2.34. The summed E-state index contributed by atoms with van der Waals surface area (Å²) < 4.78 is 6.66. The predicted molar refractivity (Wildman–Crippen MR) is 133 cm³/mol. The number of methoxy groups -OCH3 is 1. The Morgan fingerprint density at radius 2 is 1.91 bits per heavy atom. The van der Waals surface area contributed by atoms with E-state index in [1.165, 1.54) is 22.9 Å². The van der Waals surface area contributed by atoms with Crippen LogP contribution in [0.3, 0.4) is 0 Å². The molecule has 1 aliphatic rings. The lowest BCUT2D eigenvalue weighted by Crippen LogP contribution is -2.28. The van der Waals surface area contributed by atoms with Crippen molar-refractivity contribution in [3.8, 4) is 5.75 Å². The fourth-order valence-electron chi connectivity index (χ4n) is 3.49. The van der Waals surface area contributed by atoms with E-state index in [2.05, 4.69) is 15.7 Å². The van der Waals surface area contributed by atoms with Gasteiger partial charge in [-0.1, -0.05) is 12.1 Å². The van der Waals surface area contributed by atoms with Gasteiger partial charge in [0.1, 0.15) is 18.1 Å². The molecule has 3 aromatic rings. The van der Waals surface area contributed by atoms with E-state index in [1.807, 2.05) is 24.3 Å². The van der Waals surface area contributed by atoms with E-state index in [-0.39, 0.29) is 24.0 Å². The van der Waals surface area contributed by atoms with Crippen LogP contribution in [0.15, 0.2) is 54.6 Å². The summed E-state index contributed by atoms with van der Waals surface area (Å²) in [6.07, 6.45) is 2.91. The number of carbonyl (C=O) groups excluding carboxylic acids is 2. The van der Waals surface area contributed by atoms with E-state index < -0.39 is 4.92 Å². The minimum atomic E-state index is -0.479. The van der Waals surface area contributed by atoms with Gasteiger partial charge in [0.15, 0.2) is 0 Å². The Kier molecular flexibility index (Phi) is 7.46. The number of fused-ring (bicyclic) bond motifs is 1. The summed E-state index contributed by atoms with van der Waals surface area (Å²) in [6.45, 7) is 0.328. The topological polar surface area (TPSA) is 128 Å². The summed E-state index contributed by atoms with van der Waals surface area (Å²) in [4.78, 5) is 35.5. The van der Waals surface area contributed by atoms with Crippen LogP contribution in [-0.2, 0) is 34.2 Å². The molecule has 180 valence electrons. The van der Waals surface area contributed by atoms with E-state index in [9.17, 15) is 19.7 Å². The SMILES string of the molecule is COc1ccc(CNC(=O)Cn2nc3c(c2NC(=O)/C=C\c2ccc([N+](=O)[O-])cc2)CSC3)cc1. The van der Waals surface area contributed by atoms with Crippen molar-refractivity contribution >= 4 is 41.2 Å². The maximum Gasteiger partial charge on any atom is 0.269 e. The molecule has 2 amide bonds. The van der Waals surface area contributed by atoms with Crippen LogP contribution in [0.4, 0.5) is 11.5 Å². The molecule has 0 unspecified atom stereocenters. The minimum Gasteiger partial charge on any atom is -0.497 e. The first-order valence-electron chi connectivity index (χ1n) is 10.7. The summed E-state index contributed by atoms with van der Waals surface area (Å²) in [7, 11) is 1.60. The predicted octanol–water partition coefficient (Wildman–Crippen LogP) is 3.52. The highest BCUT2D eigenvalue weighted by Gasteiger charge is 2.24. The van der Waals surface area contributed by atoms with Crippen molar-refractivity contribution < 1.29 is 19.2 Å². The zero-order valence-corrected chi connectivity index (χ0v) is 19.7. The number of nitrogens with zero attached hydrogens (tertiary/aromatic N) is 3. The summed E-state index contributed by atoms with van der Waals surface area (Å²) in [6, 6.07) is 13.3. The quantitative estimate of drug-likeness (QED) is 0.265. The van der Waals surface area contributed by atoms with Crippen LogP contribution < -0.4 is 15.4 Å². The van der Waals surface area contributed by atoms with Gasteiger partial charge in [-0.05, 0) is 41.5 Å². The lowest BCUT2D eigenvalue weighted by Gasteiger charge is -2.11. The molecular formula is C24H23N5O5S. The first-order chi connectivity index (χ1) is 16.9. The van der Waals surface area contributed by atoms with Crippen LogP contribution >= 0.6 is 11.8 Å².